The van der Waals surface area contributed by atoms with Crippen LogP contribution in [0.25, 0.3) is 11.6 Å². The van der Waals surface area contributed by atoms with E-state index < -0.39 is 58.0 Å². The van der Waals surface area contributed by atoms with Crippen molar-refractivity contribution in [3.63, 3.8) is 0 Å². The van der Waals surface area contributed by atoms with E-state index in [4.69, 9.17) is 18.6 Å². The number of fused-ring (bicyclic) bond motifs is 4. The van der Waals surface area contributed by atoms with Crippen LogP contribution in [0.1, 0.15) is 74.2 Å². The van der Waals surface area contributed by atoms with E-state index in [9.17, 15) is 28.2 Å². The number of benzene rings is 2. The van der Waals surface area contributed by atoms with E-state index in [0.717, 1.165) is 6.26 Å². The largest absolute Gasteiger partial charge is 0.467 e. The van der Waals surface area contributed by atoms with Gasteiger partial charge in [-0.15, -0.1) is 0 Å². The van der Waals surface area contributed by atoms with E-state index in [1.807, 2.05) is 26.0 Å². The quantitative estimate of drug-likeness (QED) is 0.245. The zero-order valence-electron chi connectivity index (χ0n) is 27.7. The van der Waals surface area contributed by atoms with Crippen molar-refractivity contribution in [1.29, 1.82) is 0 Å². The molecule has 2 aromatic carbocycles. The number of anilines is 1. The minimum Gasteiger partial charge on any atom is -0.467 e. The van der Waals surface area contributed by atoms with Gasteiger partial charge in [0.2, 0.25) is 33.9 Å². The van der Waals surface area contributed by atoms with E-state index in [1.165, 1.54) is 10.6 Å². The minimum atomic E-state index is -3.93. The Bertz CT molecular complexity index is 2070. The predicted molar refractivity (Wildman–Crippen MR) is 176 cm³/mol. The second kappa shape index (κ2) is 11.8. The van der Waals surface area contributed by atoms with Crippen LogP contribution in [0.2, 0.25) is 0 Å². The number of nitrogens with zero attached hydrogens (tertiary/aromatic N) is 3. The molecule has 0 aliphatic carbocycles. The first-order chi connectivity index (χ1) is 23.2. The molecular weight excluding hydrogens is 652 g/mol. The predicted octanol–water partition coefficient (Wildman–Crippen LogP) is 3.62. The molecule has 1 amide bonds. The lowest BCUT2D eigenvalue weighted by Gasteiger charge is -2.30. The van der Waals surface area contributed by atoms with Gasteiger partial charge in [0.25, 0.3) is 0 Å². The Labute approximate surface area is 283 Å². The van der Waals surface area contributed by atoms with Gasteiger partial charge in [-0.25, -0.2) is 22.7 Å². The van der Waals surface area contributed by atoms with Gasteiger partial charge < -0.3 is 29.1 Å². The number of hydrogen-bond donors (Lipinski definition) is 3. The molecule has 3 aliphatic rings. The van der Waals surface area contributed by atoms with Crippen LogP contribution in [0.15, 0.2) is 57.6 Å². The molecule has 49 heavy (non-hydrogen) atoms. The van der Waals surface area contributed by atoms with Gasteiger partial charge in [-0.3, -0.25) is 9.59 Å². The third-order valence-corrected chi connectivity index (χ3v) is 10.7. The Morgan fingerprint density at radius 2 is 1.88 bits per heavy atom. The molecule has 0 radical (unpaired) electrons. The SMILES string of the molecule is CC(C)[C@H](O)C(=O)C[C@H]1Cc2ccc3c(c2)C2(c4ccccc4N(S(C)(=O)=O)[C@H]2O3)c2oc(nc2-c2nc(CO)co2)[C@H](C(C)C)NC1=O. The highest BCUT2D eigenvalue weighted by atomic mass is 32.2. The normalized spacial score (nSPS) is 23.4. The molecule has 3 aliphatic heterocycles. The fourth-order valence-corrected chi connectivity index (χ4v) is 8.29. The summed E-state index contributed by atoms with van der Waals surface area (Å²) in [4.78, 5) is 36.6. The molecule has 4 bridgehead atoms. The lowest BCUT2D eigenvalue weighted by atomic mass is 9.72. The third-order valence-electron chi connectivity index (χ3n) is 9.62. The molecule has 5 atom stereocenters. The summed E-state index contributed by atoms with van der Waals surface area (Å²) in [6, 6.07) is 11.6. The number of carbonyl (C=O) groups is 2. The van der Waals surface area contributed by atoms with Crippen LogP contribution in [0.3, 0.4) is 0 Å². The van der Waals surface area contributed by atoms with Crippen LogP contribution in [-0.2, 0) is 38.1 Å². The number of hydrogen-bond acceptors (Lipinski definition) is 11. The molecule has 0 fully saturated rings. The summed E-state index contributed by atoms with van der Waals surface area (Å²) in [6.07, 6.45) is -0.0469. The second-order valence-electron chi connectivity index (χ2n) is 13.7. The molecule has 0 saturated heterocycles. The van der Waals surface area contributed by atoms with Crippen LogP contribution in [0.4, 0.5) is 5.69 Å². The molecule has 7 rings (SSSR count). The number of ketones is 1. The van der Waals surface area contributed by atoms with Gasteiger partial charge in [0.1, 0.15) is 35.3 Å². The number of sulfonamides is 1. The molecule has 4 aromatic rings. The Morgan fingerprint density at radius 3 is 2.55 bits per heavy atom. The first-order valence-corrected chi connectivity index (χ1v) is 18.1. The van der Waals surface area contributed by atoms with Gasteiger partial charge in [-0.1, -0.05) is 58.0 Å². The number of amides is 1. The first-order valence-electron chi connectivity index (χ1n) is 16.2. The van der Waals surface area contributed by atoms with Crippen LogP contribution in [-0.4, -0.2) is 58.9 Å². The van der Waals surface area contributed by atoms with Crippen molar-refractivity contribution in [3.8, 4) is 17.3 Å². The molecule has 13 nitrogen and oxygen atoms in total. The van der Waals surface area contributed by atoms with Gasteiger partial charge >= 0.3 is 0 Å². The molecule has 2 aromatic heterocycles. The van der Waals surface area contributed by atoms with Crippen LogP contribution in [0, 0.1) is 17.8 Å². The number of oxazole rings is 2. The van der Waals surface area contributed by atoms with Crippen molar-refractivity contribution in [3.05, 3.63) is 82.8 Å². The van der Waals surface area contributed by atoms with Crippen molar-refractivity contribution < 1.29 is 41.8 Å². The topological polar surface area (TPSA) is 185 Å². The van der Waals surface area contributed by atoms with Crippen LogP contribution in [0.5, 0.6) is 5.75 Å². The van der Waals surface area contributed by atoms with Gasteiger partial charge in [-0.2, -0.15) is 0 Å². The van der Waals surface area contributed by atoms with Crippen molar-refractivity contribution >= 4 is 27.4 Å². The summed E-state index contributed by atoms with van der Waals surface area (Å²) >= 11 is 0. The molecule has 14 heteroatoms. The summed E-state index contributed by atoms with van der Waals surface area (Å²) in [5.74, 6) is -1.57. The number of carbonyl (C=O) groups excluding carboxylic acids is 2. The summed E-state index contributed by atoms with van der Waals surface area (Å²) in [5.41, 5.74) is 1.20. The molecule has 258 valence electrons. The van der Waals surface area contributed by atoms with Gasteiger partial charge in [-0.05, 0) is 36.0 Å². The maximum atomic E-state index is 14.1. The third kappa shape index (κ3) is 5.15. The smallest absolute Gasteiger partial charge is 0.249 e. The monoisotopic (exact) mass is 690 g/mol. The molecule has 3 N–H and O–H groups in total. The Balaban J connectivity index is 1.53. The lowest BCUT2D eigenvalue weighted by Crippen LogP contribution is -2.48. The fourth-order valence-electron chi connectivity index (χ4n) is 7.23. The first kappa shape index (κ1) is 33.0. The number of nitrogens with one attached hydrogen (secondary N) is 1. The highest BCUT2D eigenvalue weighted by molar-refractivity contribution is 7.92. The number of Topliss-reactive ketones (excluding diaryl/α,β-unsaturated/α-hetero) is 1. The number of rotatable bonds is 8. The zero-order valence-corrected chi connectivity index (χ0v) is 28.5. The average Bonchev–Trinajstić information content (AvgIpc) is 3.82. The second-order valence-corrected chi connectivity index (χ2v) is 15.6. The van der Waals surface area contributed by atoms with Crippen molar-refractivity contribution in [2.24, 2.45) is 17.8 Å². The van der Waals surface area contributed by atoms with Crippen LogP contribution < -0.4 is 14.4 Å². The van der Waals surface area contributed by atoms with E-state index in [1.54, 1.807) is 44.2 Å². The van der Waals surface area contributed by atoms with E-state index >= 15 is 0 Å². The highest BCUT2D eigenvalue weighted by Crippen LogP contribution is 2.62. The maximum absolute atomic E-state index is 14.1. The molecular formula is C35H38N4O9S. The Hall–Kier alpha value is -4.53. The zero-order chi connectivity index (χ0) is 35.0. The van der Waals surface area contributed by atoms with Gasteiger partial charge in [0, 0.05) is 23.5 Å². The van der Waals surface area contributed by atoms with Crippen molar-refractivity contribution in [2.75, 3.05) is 10.6 Å². The standard InChI is InChI=1S/C35H38N4O9S/c1-17(2)27-33-38-28(32-36-21(15-40)16-46-32)30(48-33)35-22-8-6-7-9-24(22)39(49(5,44)45)34(35)47-26-11-10-19(13-23(26)35)12-20(31(43)37-27)14-25(41)29(42)18(3)4/h6-11,13,16-18,20,27,29,34,40,42H,12,14-15H2,1-5H3,(H,37,43)/t20-,27+,29+,34+,35?/m1/s1. The number of aromatic nitrogens is 2. The number of aliphatic hydroxyl groups excluding tert-OH is 2. The Morgan fingerprint density at radius 1 is 1.12 bits per heavy atom. The van der Waals surface area contributed by atoms with Gasteiger partial charge in [0.05, 0.1) is 18.6 Å². The summed E-state index contributed by atoms with van der Waals surface area (Å²) < 4.78 is 47.5. The minimum absolute atomic E-state index is 0.0249. The fraction of sp³-hybridized carbons (Fsp3) is 0.429. The molecule has 1 unspecified atom stereocenters. The molecule has 1 spiro atoms. The van der Waals surface area contributed by atoms with Crippen molar-refractivity contribution in [1.82, 2.24) is 15.3 Å². The number of ether oxygens (including phenoxy) is 1. The lowest BCUT2D eigenvalue weighted by molar-refractivity contribution is -0.135. The highest BCUT2D eigenvalue weighted by Gasteiger charge is 2.65. The molecule has 0 saturated carbocycles. The average molecular weight is 691 g/mol. The van der Waals surface area contributed by atoms with E-state index in [0.29, 0.717) is 28.1 Å². The van der Waals surface area contributed by atoms with E-state index in [-0.39, 0.29) is 53.6 Å². The van der Waals surface area contributed by atoms with Crippen molar-refractivity contribution in [2.45, 2.75) is 70.9 Å². The summed E-state index contributed by atoms with van der Waals surface area (Å²) in [7, 11) is -3.93. The van der Waals surface area contributed by atoms with Gasteiger partial charge in [0.15, 0.2) is 17.2 Å². The summed E-state index contributed by atoms with van der Waals surface area (Å²) in [5, 5.41) is 23.5. The maximum Gasteiger partial charge on any atom is 0.249 e. The van der Waals surface area contributed by atoms with E-state index in [2.05, 4.69) is 10.3 Å². The summed E-state index contributed by atoms with van der Waals surface area (Å²) in [6.45, 7) is 6.85. The number of para-hydroxylation sites is 1. The van der Waals surface area contributed by atoms with Crippen LogP contribution >= 0.6 is 0 Å². The molecule has 5 heterocycles. The number of aliphatic hydroxyl groups is 2. The Kier molecular flexibility index (Phi) is 7.95.